The van der Waals surface area contributed by atoms with Crippen molar-refractivity contribution in [3.05, 3.63) is 40.8 Å². The van der Waals surface area contributed by atoms with Gasteiger partial charge in [0, 0.05) is 0 Å². The molecule has 0 spiro atoms. The van der Waals surface area contributed by atoms with Crippen LogP contribution < -0.4 is 0 Å². The Morgan fingerprint density at radius 3 is 1.52 bits per heavy atom. The van der Waals surface area contributed by atoms with E-state index in [1.165, 1.54) is 5.56 Å². The first kappa shape index (κ1) is 20.7. The van der Waals surface area contributed by atoms with Gasteiger partial charge in [-0.05, 0) is 73.2 Å². The Bertz CT molecular complexity index is 682. The maximum absolute atomic E-state index is 6.33. The molecule has 1 aromatic carbocycles. The maximum atomic E-state index is 6.33. The van der Waals surface area contributed by atoms with E-state index >= 15 is 0 Å². The van der Waals surface area contributed by atoms with Gasteiger partial charge in [0.1, 0.15) is 0 Å². The van der Waals surface area contributed by atoms with E-state index < -0.39 is 36.6 Å². The molecule has 0 aliphatic carbocycles. The normalized spacial score (nSPS) is 24.9. The monoisotopic (exact) mass is 370 g/mol. The molecule has 2 aliphatic heterocycles. The van der Waals surface area contributed by atoms with Crippen molar-refractivity contribution in [1.82, 2.24) is 0 Å². The molecule has 0 radical (unpaired) electrons. The lowest BCUT2D eigenvalue weighted by atomic mass is 9.57. The lowest BCUT2D eigenvalue weighted by molar-refractivity contribution is 0.00578. The molecule has 2 aliphatic rings. The topological polar surface area (TPSA) is 36.9 Å². The molecule has 0 N–H and O–H groups in total. The van der Waals surface area contributed by atoms with Gasteiger partial charge in [0.15, 0.2) is 0 Å². The first-order valence-corrected chi connectivity index (χ1v) is 9.74. The van der Waals surface area contributed by atoms with Crippen LogP contribution >= 0.6 is 0 Å². The largest absolute Gasteiger partial charge is 0.486 e. The fourth-order valence-corrected chi connectivity index (χ4v) is 3.16. The summed E-state index contributed by atoms with van der Waals surface area (Å²) in [4.78, 5) is 0. The van der Waals surface area contributed by atoms with Gasteiger partial charge in [-0.25, -0.2) is 0 Å². The molecule has 0 saturated carbocycles. The smallest absolute Gasteiger partial charge is 0.400 e. The molecule has 3 rings (SSSR count). The molecule has 1 aromatic rings. The summed E-state index contributed by atoms with van der Waals surface area (Å²) in [6.07, 6.45) is 2.08. The lowest BCUT2D eigenvalue weighted by Gasteiger charge is -2.32. The van der Waals surface area contributed by atoms with Crippen LogP contribution in [0.4, 0.5) is 0 Å². The minimum Gasteiger partial charge on any atom is -0.400 e. The van der Waals surface area contributed by atoms with E-state index in [4.69, 9.17) is 18.6 Å². The molecule has 2 heterocycles. The molecule has 0 unspecified atom stereocenters. The first-order chi connectivity index (χ1) is 12.2. The number of benzene rings is 1. The zero-order chi connectivity index (χ0) is 20.3. The van der Waals surface area contributed by atoms with Gasteiger partial charge in [-0.2, -0.15) is 0 Å². The third-order valence-corrected chi connectivity index (χ3v) is 6.43. The van der Waals surface area contributed by atoms with Crippen molar-refractivity contribution in [2.24, 2.45) is 0 Å². The van der Waals surface area contributed by atoms with Gasteiger partial charge in [0.05, 0.1) is 22.4 Å². The van der Waals surface area contributed by atoms with Crippen LogP contribution in [-0.4, -0.2) is 36.6 Å². The average molecular weight is 370 g/mol. The standard InChI is InChI=1S/C21H32B2O4/c1-15-11-10-12-16(13-15)14-17(22-24-18(2,3)19(4,5)25-22)23-26-20(6,7)21(8,9)27-23/h10-14H,1-9H3. The highest BCUT2D eigenvalue weighted by molar-refractivity contribution is 6.79. The highest BCUT2D eigenvalue weighted by Gasteiger charge is 2.59. The van der Waals surface area contributed by atoms with Gasteiger partial charge in [-0.3, -0.25) is 0 Å². The first-order valence-electron chi connectivity index (χ1n) is 9.74. The van der Waals surface area contributed by atoms with E-state index in [-0.39, 0.29) is 0 Å². The van der Waals surface area contributed by atoms with Gasteiger partial charge in [0.25, 0.3) is 0 Å². The van der Waals surface area contributed by atoms with Crippen LogP contribution in [0.1, 0.15) is 66.5 Å². The molecular weight excluding hydrogens is 338 g/mol. The number of hydrogen-bond donors (Lipinski definition) is 0. The molecule has 4 nitrogen and oxygen atoms in total. The third-order valence-electron chi connectivity index (χ3n) is 6.43. The maximum Gasteiger partial charge on any atom is 0.486 e. The summed E-state index contributed by atoms with van der Waals surface area (Å²) in [7, 11) is -1.05. The van der Waals surface area contributed by atoms with E-state index in [9.17, 15) is 0 Å². The SMILES string of the molecule is Cc1cccc(C=C(B2OC(C)(C)C(C)(C)O2)B2OC(C)(C)C(C)(C)O2)c1. The number of aryl methyl sites for hydroxylation is 1. The van der Waals surface area contributed by atoms with Crippen LogP contribution in [0.15, 0.2) is 29.6 Å². The quantitative estimate of drug-likeness (QED) is 0.727. The highest BCUT2D eigenvalue weighted by atomic mass is 16.7. The van der Waals surface area contributed by atoms with Gasteiger partial charge < -0.3 is 18.6 Å². The lowest BCUT2D eigenvalue weighted by Crippen LogP contribution is -2.41. The van der Waals surface area contributed by atoms with Crippen molar-refractivity contribution < 1.29 is 18.6 Å². The Hall–Kier alpha value is -1.07. The van der Waals surface area contributed by atoms with Crippen LogP contribution in [0.5, 0.6) is 0 Å². The predicted molar refractivity (Wildman–Crippen MR) is 111 cm³/mol. The second-order valence-electron chi connectivity index (χ2n) is 9.73. The Morgan fingerprint density at radius 1 is 0.741 bits per heavy atom. The van der Waals surface area contributed by atoms with Gasteiger partial charge in [0.2, 0.25) is 0 Å². The Labute approximate surface area is 164 Å². The van der Waals surface area contributed by atoms with Crippen molar-refractivity contribution in [3.63, 3.8) is 0 Å². The van der Waals surface area contributed by atoms with E-state index in [0.717, 1.165) is 10.9 Å². The molecule has 27 heavy (non-hydrogen) atoms. The van der Waals surface area contributed by atoms with Crippen molar-refractivity contribution in [3.8, 4) is 0 Å². The molecule has 2 fully saturated rings. The third kappa shape index (κ3) is 3.77. The zero-order valence-electron chi connectivity index (χ0n) is 18.2. The van der Waals surface area contributed by atoms with Crippen molar-refractivity contribution in [2.45, 2.75) is 84.7 Å². The van der Waals surface area contributed by atoms with Gasteiger partial charge >= 0.3 is 14.2 Å². The average Bonchev–Trinajstić information content (AvgIpc) is 2.84. The molecular formula is C21H32B2O4. The summed E-state index contributed by atoms with van der Waals surface area (Å²) in [6.45, 7) is 18.5. The predicted octanol–water partition coefficient (Wildman–Crippen LogP) is 4.64. The Balaban J connectivity index is 2.01. The fourth-order valence-electron chi connectivity index (χ4n) is 3.16. The minimum absolute atomic E-state index is 0.424. The van der Waals surface area contributed by atoms with Crippen molar-refractivity contribution in [2.75, 3.05) is 0 Å². The molecule has 2 saturated heterocycles. The second-order valence-corrected chi connectivity index (χ2v) is 9.73. The van der Waals surface area contributed by atoms with E-state index in [0.29, 0.717) is 0 Å². The second kappa shape index (κ2) is 6.48. The summed E-state index contributed by atoms with van der Waals surface area (Å²) >= 11 is 0. The van der Waals surface area contributed by atoms with Gasteiger partial charge in [-0.15, -0.1) is 0 Å². The summed E-state index contributed by atoms with van der Waals surface area (Å²) in [5.74, 6) is 0. The summed E-state index contributed by atoms with van der Waals surface area (Å²) in [5.41, 5.74) is 0.584. The van der Waals surface area contributed by atoms with Crippen LogP contribution in [0.3, 0.4) is 0 Å². The van der Waals surface area contributed by atoms with Crippen molar-refractivity contribution >= 4 is 20.3 Å². The molecule has 146 valence electrons. The summed E-state index contributed by atoms with van der Waals surface area (Å²) < 4.78 is 25.3. The molecule has 6 heteroatoms. The van der Waals surface area contributed by atoms with Crippen molar-refractivity contribution in [1.29, 1.82) is 0 Å². The van der Waals surface area contributed by atoms with E-state index in [1.807, 2.05) is 6.07 Å². The van der Waals surface area contributed by atoms with Crippen LogP contribution in [0.2, 0.25) is 0 Å². The van der Waals surface area contributed by atoms with Crippen LogP contribution in [-0.2, 0) is 18.6 Å². The summed E-state index contributed by atoms with van der Waals surface area (Å²) in [6, 6.07) is 8.34. The van der Waals surface area contributed by atoms with Crippen LogP contribution in [0, 0.1) is 6.92 Å². The number of hydrogen-bond acceptors (Lipinski definition) is 4. The molecule has 0 bridgehead atoms. The molecule has 0 amide bonds. The summed E-state index contributed by atoms with van der Waals surface area (Å²) in [5, 5.41) is 0.859. The Morgan fingerprint density at radius 2 is 1.15 bits per heavy atom. The van der Waals surface area contributed by atoms with Crippen LogP contribution in [0.25, 0.3) is 6.08 Å². The molecule has 0 atom stereocenters. The number of rotatable bonds is 3. The van der Waals surface area contributed by atoms with E-state index in [2.05, 4.69) is 86.6 Å². The van der Waals surface area contributed by atoms with E-state index in [1.54, 1.807) is 0 Å². The highest BCUT2D eigenvalue weighted by Crippen LogP contribution is 2.43. The fraction of sp³-hybridized carbons (Fsp3) is 0.619. The zero-order valence-corrected chi connectivity index (χ0v) is 18.2. The molecule has 0 aromatic heterocycles. The Kier molecular flexibility index (Phi) is 4.96. The minimum atomic E-state index is -0.523. The van der Waals surface area contributed by atoms with Gasteiger partial charge in [-0.1, -0.05) is 35.9 Å².